The van der Waals surface area contributed by atoms with E-state index in [1.807, 2.05) is 25.1 Å². The van der Waals surface area contributed by atoms with E-state index in [1.54, 1.807) is 11.3 Å². The highest BCUT2D eigenvalue weighted by Crippen LogP contribution is 2.39. The van der Waals surface area contributed by atoms with Crippen LogP contribution < -0.4 is 4.74 Å². The molecule has 0 spiro atoms. The first-order chi connectivity index (χ1) is 14.5. The predicted octanol–water partition coefficient (Wildman–Crippen LogP) is 4.35. The van der Waals surface area contributed by atoms with Crippen molar-refractivity contribution in [3.05, 3.63) is 46.3 Å². The smallest absolute Gasteiger partial charge is 0.213 e. The quantitative estimate of drug-likeness (QED) is 0.565. The average molecular weight is 427 g/mol. The Labute approximate surface area is 185 Å². The summed E-state index contributed by atoms with van der Waals surface area (Å²) in [5.41, 5.74) is 0.634. The van der Waals surface area contributed by atoms with E-state index in [4.69, 9.17) is 4.74 Å². The van der Waals surface area contributed by atoms with Crippen molar-refractivity contribution in [2.24, 2.45) is 5.92 Å². The first-order valence-electron chi connectivity index (χ1n) is 11.0. The number of thiophene rings is 1. The maximum absolute atomic E-state index is 9.99. The van der Waals surface area contributed by atoms with E-state index < -0.39 is 0 Å². The monoisotopic (exact) mass is 426 g/mol. The van der Waals surface area contributed by atoms with Crippen molar-refractivity contribution < 1.29 is 4.74 Å². The van der Waals surface area contributed by atoms with Gasteiger partial charge in [-0.1, -0.05) is 26.0 Å². The summed E-state index contributed by atoms with van der Waals surface area (Å²) in [6.07, 6.45) is 1.99. The van der Waals surface area contributed by atoms with Crippen LogP contribution in [-0.4, -0.2) is 60.7 Å². The Balaban J connectivity index is 1.38. The molecular weight excluding hydrogens is 392 g/mol. The lowest BCUT2D eigenvalue weighted by Gasteiger charge is -2.35. The minimum Gasteiger partial charge on any atom is -0.476 e. The second kappa shape index (κ2) is 10.9. The summed E-state index contributed by atoms with van der Waals surface area (Å²) in [7, 11) is 0. The molecule has 1 unspecified atom stereocenters. The largest absolute Gasteiger partial charge is 0.476 e. The molecule has 0 saturated carbocycles. The van der Waals surface area contributed by atoms with Crippen molar-refractivity contribution in [2.75, 3.05) is 45.9 Å². The normalized spacial score (nSPS) is 17.6. The van der Waals surface area contributed by atoms with Gasteiger partial charge >= 0.3 is 0 Å². The van der Waals surface area contributed by atoms with Crippen LogP contribution in [0.5, 0.6) is 5.88 Å². The number of nitriles is 1. The first kappa shape index (κ1) is 22.7. The summed E-state index contributed by atoms with van der Waals surface area (Å²) >= 11 is 1.72. The predicted molar refractivity (Wildman–Crippen MR) is 123 cm³/mol. The summed E-state index contributed by atoms with van der Waals surface area (Å²) in [6, 6.07) is 12.7. The molecule has 3 heterocycles. The van der Waals surface area contributed by atoms with Crippen molar-refractivity contribution in [3.63, 3.8) is 0 Å². The van der Waals surface area contributed by atoms with Crippen LogP contribution in [0.2, 0.25) is 0 Å². The van der Waals surface area contributed by atoms with Gasteiger partial charge in [-0.3, -0.25) is 4.90 Å². The molecule has 2 aromatic rings. The second-order valence-electron chi connectivity index (χ2n) is 8.47. The number of aromatic nitrogens is 1. The topological polar surface area (TPSA) is 52.4 Å². The Kier molecular flexibility index (Phi) is 8.26. The van der Waals surface area contributed by atoms with Gasteiger partial charge < -0.3 is 9.64 Å². The number of hydrogen-bond donors (Lipinski definition) is 0. The van der Waals surface area contributed by atoms with Crippen LogP contribution in [0.25, 0.3) is 0 Å². The minimum atomic E-state index is -0.350. The molecule has 5 nitrogen and oxygen atoms in total. The number of nitrogens with zero attached hydrogens (tertiary/aromatic N) is 4. The number of hydrogen-bond acceptors (Lipinski definition) is 6. The number of ether oxygens (including phenoxy) is 1. The Morgan fingerprint density at radius 3 is 2.47 bits per heavy atom. The van der Waals surface area contributed by atoms with Gasteiger partial charge in [0.2, 0.25) is 5.88 Å². The molecule has 1 atom stereocenters. The highest BCUT2D eigenvalue weighted by Gasteiger charge is 2.36. The van der Waals surface area contributed by atoms with Gasteiger partial charge in [-0.05, 0) is 49.7 Å². The molecule has 1 saturated heterocycles. The molecule has 3 rings (SSSR count). The van der Waals surface area contributed by atoms with E-state index in [-0.39, 0.29) is 5.41 Å². The average Bonchev–Trinajstić information content (AvgIpc) is 3.27. The van der Waals surface area contributed by atoms with Crippen LogP contribution in [0, 0.1) is 24.2 Å². The van der Waals surface area contributed by atoms with Crippen LogP contribution in [0.3, 0.4) is 0 Å². The van der Waals surface area contributed by atoms with Gasteiger partial charge in [-0.2, -0.15) is 5.26 Å². The molecule has 0 N–H and O–H groups in total. The van der Waals surface area contributed by atoms with Crippen molar-refractivity contribution in [1.82, 2.24) is 14.8 Å². The highest BCUT2D eigenvalue weighted by atomic mass is 32.1. The Morgan fingerprint density at radius 2 is 1.87 bits per heavy atom. The zero-order valence-electron chi connectivity index (χ0n) is 18.5. The van der Waals surface area contributed by atoms with Crippen LogP contribution in [0.4, 0.5) is 0 Å². The minimum absolute atomic E-state index is 0.320. The molecule has 2 aromatic heterocycles. The van der Waals surface area contributed by atoms with Gasteiger partial charge in [0.25, 0.3) is 0 Å². The van der Waals surface area contributed by atoms with Crippen molar-refractivity contribution >= 4 is 11.3 Å². The molecule has 30 heavy (non-hydrogen) atoms. The number of pyridine rings is 1. The SMILES string of the molecule is Cc1cccc(OCCN2CCN(CCCC(C#N)(c3cccs3)C(C)C)CC2)n1. The third kappa shape index (κ3) is 5.81. The molecule has 0 amide bonds. The van der Waals surface area contributed by atoms with Crippen LogP contribution in [-0.2, 0) is 5.41 Å². The molecule has 6 heteroatoms. The lowest BCUT2D eigenvalue weighted by Crippen LogP contribution is -2.47. The maximum Gasteiger partial charge on any atom is 0.213 e. The molecule has 0 aliphatic carbocycles. The van der Waals surface area contributed by atoms with Gasteiger partial charge in [0, 0.05) is 49.4 Å². The van der Waals surface area contributed by atoms with Gasteiger partial charge in [-0.15, -0.1) is 11.3 Å². The number of rotatable bonds is 10. The Hall–Kier alpha value is -1.94. The maximum atomic E-state index is 9.99. The zero-order valence-corrected chi connectivity index (χ0v) is 19.3. The van der Waals surface area contributed by atoms with Gasteiger partial charge in [0.05, 0.1) is 11.5 Å². The summed E-state index contributed by atoms with van der Waals surface area (Å²) < 4.78 is 5.79. The molecule has 0 aromatic carbocycles. The molecular formula is C24H34N4OS. The fourth-order valence-corrected chi connectivity index (χ4v) is 5.22. The molecule has 0 radical (unpaired) electrons. The zero-order chi connectivity index (χ0) is 21.4. The van der Waals surface area contributed by atoms with E-state index in [9.17, 15) is 5.26 Å². The van der Waals surface area contributed by atoms with Crippen LogP contribution in [0.15, 0.2) is 35.7 Å². The van der Waals surface area contributed by atoms with E-state index in [2.05, 4.69) is 52.2 Å². The summed E-state index contributed by atoms with van der Waals surface area (Å²) in [6.45, 7) is 13.3. The molecule has 1 fully saturated rings. The summed E-state index contributed by atoms with van der Waals surface area (Å²) in [5, 5.41) is 12.1. The van der Waals surface area contributed by atoms with E-state index in [0.29, 0.717) is 18.4 Å². The number of piperazine rings is 1. The van der Waals surface area contributed by atoms with E-state index in [0.717, 1.165) is 57.8 Å². The van der Waals surface area contributed by atoms with Gasteiger partial charge in [0.1, 0.15) is 6.61 Å². The van der Waals surface area contributed by atoms with Crippen molar-refractivity contribution in [3.8, 4) is 11.9 Å². The van der Waals surface area contributed by atoms with Gasteiger partial charge in [-0.25, -0.2) is 4.98 Å². The summed E-state index contributed by atoms with van der Waals surface area (Å²) in [5.74, 6) is 1.03. The van der Waals surface area contributed by atoms with E-state index in [1.165, 1.54) is 4.88 Å². The van der Waals surface area contributed by atoms with Crippen molar-refractivity contribution in [2.45, 2.75) is 39.0 Å². The first-order valence-corrected chi connectivity index (χ1v) is 11.9. The van der Waals surface area contributed by atoms with E-state index >= 15 is 0 Å². The van der Waals surface area contributed by atoms with Crippen molar-refractivity contribution in [1.29, 1.82) is 5.26 Å². The highest BCUT2D eigenvalue weighted by molar-refractivity contribution is 7.10. The molecule has 162 valence electrons. The lowest BCUT2D eigenvalue weighted by atomic mass is 9.73. The third-order valence-electron chi connectivity index (χ3n) is 6.18. The molecule has 1 aliphatic rings. The fraction of sp³-hybridized carbons (Fsp3) is 0.583. The lowest BCUT2D eigenvalue weighted by molar-refractivity contribution is 0.113. The molecule has 0 bridgehead atoms. The Bertz CT molecular complexity index is 809. The molecule has 1 aliphatic heterocycles. The second-order valence-corrected chi connectivity index (χ2v) is 9.42. The third-order valence-corrected chi connectivity index (χ3v) is 7.22. The Morgan fingerprint density at radius 1 is 1.13 bits per heavy atom. The fourth-order valence-electron chi connectivity index (χ4n) is 4.16. The summed E-state index contributed by atoms with van der Waals surface area (Å²) in [4.78, 5) is 10.6. The van der Waals surface area contributed by atoms with Gasteiger partial charge in [0.15, 0.2) is 0 Å². The van der Waals surface area contributed by atoms with Crippen LogP contribution in [0.1, 0.15) is 37.3 Å². The number of aryl methyl sites for hydroxylation is 1. The van der Waals surface area contributed by atoms with Crippen LogP contribution >= 0.6 is 11.3 Å². The standard InChI is InChI=1S/C24H34N4OS/c1-20(2)24(19-25,22-8-5-18-30-22)10-6-11-27-12-14-28(15-13-27)16-17-29-23-9-4-7-21(3)26-23/h4-5,7-9,18,20H,6,10-17H2,1-3H3.